The van der Waals surface area contributed by atoms with Gasteiger partial charge in [0.15, 0.2) is 21.3 Å². The Kier molecular flexibility index (Phi) is 7.08. The topological polar surface area (TPSA) is 76.2 Å². The van der Waals surface area contributed by atoms with Crippen LogP contribution in [-0.2, 0) is 14.6 Å². The van der Waals surface area contributed by atoms with Gasteiger partial charge in [0, 0.05) is 38.3 Å². The minimum Gasteiger partial charge on any atom is -0.493 e. The molecule has 1 unspecified atom stereocenters. The average molecular weight is 443 g/mol. The van der Waals surface area contributed by atoms with E-state index in [0.29, 0.717) is 55.7 Å². The molecule has 0 saturated carbocycles. The first-order valence-corrected chi connectivity index (χ1v) is 11.9. The van der Waals surface area contributed by atoms with Gasteiger partial charge < -0.3 is 14.4 Å². The smallest absolute Gasteiger partial charge is 0.246 e. The molecule has 0 aliphatic carbocycles. The molecule has 3 rings (SSSR count). The minimum absolute atomic E-state index is 0.0762. The van der Waals surface area contributed by atoms with E-state index < -0.39 is 9.84 Å². The molecule has 7 nitrogen and oxygen atoms in total. The summed E-state index contributed by atoms with van der Waals surface area (Å²) in [7, 11) is -1.35. The van der Waals surface area contributed by atoms with Crippen LogP contribution in [0.15, 0.2) is 18.2 Å². The number of piperazine rings is 1. The van der Waals surface area contributed by atoms with Crippen molar-refractivity contribution in [2.45, 2.75) is 19.4 Å². The fourth-order valence-electron chi connectivity index (χ4n) is 3.76. The molecule has 29 heavy (non-hydrogen) atoms. The Labute approximate surface area is 177 Å². The summed E-state index contributed by atoms with van der Waals surface area (Å²) in [6.45, 7) is 4.92. The molecule has 9 heteroatoms. The lowest BCUT2D eigenvalue weighted by atomic mass is 10.1. The zero-order chi connectivity index (χ0) is 21.0. The van der Waals surface area contributed by atoms with Gasteiger partial charge in [-0.1, -0.05) is 11.6 Å². The number of ether oxygens (including phenoxy) is 2. The lowest BCUT2D eigenvalue weighted by Crippen LogP contribution is -2.52. The van der Waals surface area contributed by atoms with Gasteiger partial charge in [-0.3, -0.25) is 9.69 Å². The first-order valence-electron chi connectivity index (χ1n) is 9.74. The number of carbonyl (C=O) groups is 1. The number of hydrogen-bond donors (Lipinski definition) is 0. The van der Waals surface area contributed by atoms with Crippen molar-refractivity contribution >= 4 is 33.4 Å². The van der Waals surface area contributed by atoms with Gasteiger partial charge >= 0.3 is 0 Å². The van der Waals surface area contributed by atoms with Crippen LogP contribution in [0.1, 0.15) is 18.9 Å². The summed E-state index contributed by atoms with van der Waals surface area (Å²) < 4.78 is 34.2. The van der Waals surface area contributed by atoms with E-state index in [9.17, 15) is 13.2 Å². The summed E-state index contributed by atoms with van der Waals surface area (Å²) in [5, 5.41) is 0.429. The number of nitrogens with zero attached hydrogens (tertiary/aromatic N) is 2. The third-order valence-corrected chi connectivity index (χ3v) is 7.34. The van der Waals surface area contributed by atoms with Crippen molar-refractivity contribution in [3.63, 3.8) is 0 Å². The van der Waals surface area contributed by atoms with E-state index in [1.165, 1.54) is 6.08 Å². The summed E-state index contributed by atoms with van der Waals surface area (Å²) in [6.07, 6.45) is 3.93. The molecule has 0 N–H and O–H groups in total. The molecule has 2 aliphatic heterocycles. The monoisotopic (exact) mass is 442 g/mol. The maximum atomic E-state index is 12.5. The highest BCUT2D eigenvalue weighted by molar-refractivity contribution is 7.91. The van der Waals surface area contributed by atoms with Crippen molar-refractivity contribution in [1.29, 1.82) is 0 Å². The van der Waals surface area contributed by atoms with Gasteiger partial charge in [0.2, 0.25) is 5.91 Å². The Morgan fingerprint density at radius 3 is 2.59 bits per heavy atom. The second-order valence-corrected chi connectivity index (χ2v) is 9.85. The minimum atomic E-state index is -2.89. The summed E-state index contributed by atoms with van der Waals surface area (Å²) in [5.74, 6) is 1.44. The van der Waals surface area contributed by atoms with E-state index in [-0.39, 0.29) is 23.5 Å². The van der Waals surface area contributed by atoms with Crippen LogP contribution < -0.4 is 9.47 Å². The molecule has 160 valence electrons. The van der Waals surface area contributed by atoms with Crippen LogP contribution >= 0.6 is 11.6 Å². The van der Waals surface area contributed by atoms with Gasteiger partial charge in [-0.15, -0.1) is 0 Å². The maximum Gasteiger partial charge on any atom is 0.246 e. The summed E-state index contributed by atoms with van der Waals surface area (Å²) in [5.41, 5.74) is 0.749. The van der Waals surface area contributed by atoms with E-state index in [2.05, 4.69) is 4.90 Å². The van der Waals surface area contributed by atoms with Crippen molar-refractivity contribution in [3.8, 4) is 11.5 Å². The molecule has 2 fully saturated rings. The Morgan fingerprint density at radius 1 is 1.28 bits per heavy atom. The largest absolute Gasteiger partial charge is 0.493 e. The number of hydrogen-bond acceptors (Lipinski definition) is 6. The van der Waals surface area contributed by atoms with E-state index in [1.807, 2.05) is 6.92 Å². The van der Waals surface area contributed by atoms with Gasteiger partial charge in [-0.25, -0.2) is 8.42 Å². The lowest BCUT2D eigenvalue weighted by Gasteiger charge is -2.37. The highest BCUT2D eigenvalue weighted by Crippen LogP contribution is 2.36. The molecule has 1 amide bonds. The fraction of sp³-hybridized carbons (Fsp3) is 0.550. The number of benzene rings is 1. The van der Waals surface area contributed by atoms with Crippen LogP contribution in [0.2, 0.25) is 5.02 Å². The maximum absolute atomic E-state index is 12.5. The predicted molar refractivity (Wildman–Crippen MR) is 113 cm³/mol. The van der Waals surface area contributed by atoms with Crippen LogP contribution in [0, 0.1) is 0 Å². The third-order valence-electron chi connectivity index (χ3n) is 5.31. The van der Waals surface area contributed by atoms with Crippen molar-refractivity contribution in [2.75, 3.05) is 51.4 Å². The standard InChI is InChI=1S/C20H27ClN2O5S/c1-3-28-20-17(21)12-15(13-18(20)27-2)4-5-19(24)23-9-7-22(8-10-23)16-6-11-29(25,26)14-16/h4-5,12-13,16H,3,6-11,14H2,1-2H3/b5-4+. The second kappa shape index (κ2) is 9.36. The molecule has 0 radical (unpaired) electrons. The van der Waals surface area contributed by atoms with Gasteiger partial charge in [-0.2, -0.15) is 0 Å². The molecule has 0 aromatic heterocycles. The van der Waals surface area contributed by atoms with E-state index in [1.54, 1.807) is 30.2 Å². The molecule has 2 aliphatic rings. The Bertz CT molecular complexity index is 879. The number of methoxy groups -OCH3 is 1. The molecular formula is C20H27ClN2O5S. The average Bonchev–Trinajstić information content (AvgIpc) is 3.07. The van der Waals surface area contributed by atoms with Gasteiger partial charge in [-0.05, 0) is 37.1 Å². The van der Waals surface area contributed by atoms with Gasteiger partial charge in [0.05, 0.1) is 30.2 Å². The third kappa shape index (κ3) is 5.43. The van der Waals surface area contributed by atoms with Crippen molar-refractivity contribution in [3.05, 3.63) is 28.8 Å². The van der Waals surface area contributed by atoms with Gasteiger partial charge in [0.1, 0.15) is 0 Å². The molecule has 0 bridgehead atoms. The highest BCUT2D eigenvalue weighted by atomic mass is 35.5. The summed E-state index contributed by atoms with van der Waals surface area (Å²) in [6, 6.07) is 3.60. The Morgan fingerprint density at radius 2 is 2.00 bits per heavy atom. The number of rotatable bonds is 6. The Hall–Kier alpha value is -1.77. The van der Waals surface area contributed by atoms with Crippen LogP contribution in [0.25, 0.3) is 6.08 Å². The van der Waals surface area contributed by atoms with Crippen LogP contribution in [-0.4, -0.2) is 81.6 Å². The first kappa shape index (κ1) is 21.9. The zero-order valence-corrected chi connectivity index (χ0v) is 18.3. The molecule has 2 heterocycles. The molecule has 1 atom stereocenters. The van der Waals surface area contributed by atoms with Crippen LogP contribution in [0.3, 0.4) is 0 Å². The normalized spacial score (nSPS) is 22.2. The number of halogens is 1. The van der Waals surface area contributed by atoms with Crippen LogP contribution in [0.5, 0.6) is 11.5 Å². The lowest BCUT2D eigenvalue weighted by molar-refractivity contribution is -0.127. The van der Waals surface area contributed by atoms with Gasteiger partial charge in [0.25, 0.3) is 0 Å². The van der Waals surface area contributed by atoms with E-state index in [0.717, 1.165) is 5.56 Å². The first-order chi connectivity index (χ1) is 13.8. The van der Waals surface area contributed by atoms with E-state index >= 15 is 0 Å². The second-order valence-electron chi connectivity index (χ2n) is 7.22. The molecule has 2 saturated heterocycles. The van der Waals surface area contributed by atoms with Crippen LogP contribution in [0.4, 0.5) is 0 Å². The summed E-state index contributed by atoms with van der Waals surface area (Å²) in [4.78, 5) is 16.5. The van der Waals surface area contributed by atoms with E-state index in [4.69, 9.17) is 21.1 Å². The number of sulfone groups is 1. The predicted octanol–water partition coefficient (Wildman–Crippen LogP) is 2.09. The molecule has 0 spiro atoms. The molecular weight excluding hydrogens is 416 g/mol. The highest BCUT2D eigenvalue weighted by Gasteiger charge is 2.34. The van der Waals surface area contributed by atoms with Crippen molar-refractivity contribution in [1.82, 2.24) is 9.80 Å². The summed E-state index contributed by atoms with van der Waals surface area (Å²) >= 11 is 6.27. The molecule has 1 aromatic carbocycles. The number of amides is 1. The Balaban J connectivity index is 1.58. The number of carbonyl (C=O) groups excluding carboxylic acids is 1. The van der Waals surface area contributed by atoms with Crippen molar-refractivity contribution in [2.24, 2.45) is 0 Å². The fourth-order valence-corrected chi connectivity index (χ4v) is 5.80. The quantitative estimate of drug-likeness (QED) is 0.628. The van der Waals surface area contributed by atoms with Crippen molar-refractivity contribution < 1.29 is 22.7 Å². The zero-order valence-electron chi connectivity index (χ0n) is 16.8. The molecule has 1 aromatic rings. The SMILES string of the molecule is CCOc1c(Cl)cc(/C=C/C(=O)N2CCN(C3CCS(=O)(=O)C3)CC2)cc1OC.